The van der Waals surface area contributed by atoms with Gasteiger partial charge in [-0.25, -0.2) is 9.50 Å². The van der Waals surface area contributed by atoms with Crippen LogP contribution < -0.4 is 10.1 Å². The first-order chi connectivity index (χ1) is 17.2. The highest BCUT2D eigenvalue weighted by molar-refractivity contribution is 6.30. The summed E-state index contributed by atoms with van der Waals surface area (Å²) in [7, 11) is 0. The van der Waals surface area contributed by atoms with Crippen molar-refractivity contribution in [2.75, 3.05) is 11.9 Å². The molecule has 0 saturated carbocycles. The Morgan fingerprint density at radius 2 is 1.63 bits per heavy atom. The van der Waals surface area contributed by atoms with Gasteiger partial charge in [-0.2, -0.15) is 5.10 Å². The van der Waals surface area contributed by atoms with Crippen molar-refractivity contribution in [1.29, 1.82) is 0 Å². The van der Waals surface area contributed by atoms with Crippen molar-refractivity contribution in [3.8, 4) is 17.0 Å². The van der Waals surface area contributed by atoms with Gasteiger partial charge < -0.3 is 10.1 Å². The summed E-state index contributed by atoms with van der Waals surface area (Å²) in [5.74, 6) is 0.401. The fraction of sp³-hybridized carbons (Fsp3) is 0.0357. The summed E-state index contributed by atoms with van der Waals surface area (Å²) in [6, 6.07) is 30.6. The minimum Gasteiger partial charge on any atom is -0.484 e. The zero-order valence-electron chi connectivity index (χ0n) is 18.5. The molecule has 6 rings (SSSR count). The Kier molecular flexibility index (Phi) is 5.28. The molecule has 0 saturated heterocycles. The van der Waals surface area contributed by atoms with Gasteiger partial charge in [-0.3, -0.25) is 4.79 Å². The Hall–Kier alpha value is -4.42. The standard InChI is InChI=1S/C28H19ClN4O2/c29-19-12-10-18(11-13-19)27-22-8-4-5-9-23(22)28-31-24-16-20(14-15-25(24)33(28)32-27)30-26(34)17-35-21-6-2-1-3-7-21/h1-16H,17H2,(H,30,34). The molecule has 6 aromatic rings. The molecule has 0 unspecified atom stereocenters. The minimum absolute atomic E-state index is 0.0795. The van der Waals surface area contributed by atoms with Crippen LogP contribution in [0.15, 0.2) is 97.1 Å². The number of imidazole rings is 1. The Morgan fingerprint density at radius 1 is 0.886 bits per heavy atom. The van der Waals surface area contributed by atoms with Gasteiger partial charge in [0.1, 0.15) is 5.75 Å². The number of carbonyl (C=O) groups excluding carboxylic acids is 1. The van der Waals surface area contributed by atoms with E-state index in [4.69, 9.17) is 26.4 Å². The second kappa shape index (κ2) is 8.74. The van der Waals surface area contributed by atoms with Crippen LogP contribution >= 0.6 is 11.6 Å². The molecule has 4 aromatic carbocycles. The number of fused-ring (bicyclic) bond motifs is 5. The van der Waals surface area contributed by atoms with E-state index in [1.165, 1.54) is 0 Å². The molecule has 0 aliphatic rings. The van der Waals surface area contributed by atoms with Gasteiger partial charge >= 0.3 is 0 Å². The normalized spacial score (nSPS) is 11.2. The maximum Gasteiger partial charge on any atom is 0.262 e. The predicted molar refractivity (Wildman–Crippen MR) is 139 cm³/mol. The van der Waals surface area contributed by atoms with Gasteiger partial charge in [0, 0.05) is 27.0 Å². The van der Waals surface area contributed by atoms with E-state index in [-0.39, 0.29) is 12.5 Å². The first-order valence-corrected chi connectivity index (χ1v) is 11.5. The molecule has 1 amide bonds. The maximum atomic E-state index is 12.4. The summed E-state index contributed by atoms with van der Waals surface area (Å²) in [6.45, 7) is -0.0795. The molecule has 0 atom stereocenters. The summed E-state index contributed by atoms with van der Waals surface area (Å²) < 4.78 is 7.39. The van der Waals surface area contributed by atoms with Crippen molar-refractivity contribution >= 4 is 50.6 Å². The van der Waals surface area contributed by atoms with Crippen LogP contribution in [0, 0.1) is 0 Å². The monoisotopic (exact) mass is 478 g/mol. The number of anilines is 1. The van der Waals surface area contributed by atoms with E-state index in [0.717, 1.165) is 38.7 Å². The number of halogens is 1. The summed E-state index contributed by atoms with van der Waals surface area (Å²) in [4.78, 5) is 17.3. The maximum absolute atomic E-state index is 12.4. The average Bonchev–Trinajstić information content (AvgIpc) is 3.26. The smallest absolute Gasteiger partial charge is 0.262 e. The fourth-order valence-corrected chi connectivity index (χ4v) is 4.27. The van der Waals surface area contributed by atoms with E-state index in [9.17, 15) is 4.79 Å². The molecule has 2 heterocycles. The summed E-state index contributed by atoms with van der Waals surface area (Å²) >= 11 is 6.10. The molecule has 35 heavy (non-hydrogen) atoms. The molecule has 6 nitrogen and oxygen atoms in total. The topological polar surface area (TPSA) is 68.5 Å². The summed E-state index contributed by atoms with van der Waals surface area (Å²) in [5, 5.41) is 10.5. The largest absolute Gasteiger partial charge is 0.484 e. The molecule has 1 N–H and O–H groups in total. The van der Waals surface area contributed by atoms with E-state index in [2.05, 4.69) is 5.32 Å². The second-order valence-electron chi connectivity index (χ2n) is 8.10. The predicted octanol–water partition coefficient (Wildman–Crippen LogP) is 6.37. The minimum atomic E-state index is -0.245. The van der Waals surface area contributed by atoms with Crippen LogP contribution in [0.25, 0.3) is 38.7 Å². The summed E-state index contributed by atoms with van der Waals surface area (Å²) in [6.07, 6.45) is 0. The molecule has 0 radical (unpaired) electrons. The molecule has 2 aromatic heterocycles. The number of rotatable bonds is 5. The highest BCUT2D eigenvalue weighted by Crippen LogP contribution is 2.32. The first kappa shape index (κ1) is 21.1. The Morgan fingerprint density at radius 3 is 2.43 bits per heavy atom. The van der Waals surface area contributed by atoms with Crippen LogP contribution in [-0.4, -0.2) is 27.1 Å². The lowest BCUT2D eigenvalue weighted by atomic mass is 10.1. The lowest BCUT2D eigenvalue weighted by molar-refractivity contribution is -0.118. The third-order valence-electron chi connectivity index (χ3n) is 5.77. The van der Waals surface area contributed by atoms with E-state index < -0.39 is 0 Å². The molecular formula is C28H19ClN4O2. The van der Waals surface area contributed by atoms with E-state index in [0.29, 0.717) is 16.5 Å². The number of para-hydroxylation sites is 1. The average molecular weight is 479 g/mol. The Balaban J connectivity index is 1.37. The molecule has 0 spiro atoms. The van der Waals surface area contributed by atoms with Crippen molar-refractivity contribution in [3.05, 3.63) is 102 Å². The van der Waals surface area contributed by atoms with Crippen LogP contribution in [0.3, 0.4) is 0 Å². The highest BCUT2D eigenvalue weighted by Gasteiger charge is 2.15. The number of aromatic nitrogens is 3. The van der Waals surface area contributed by atoms with Crippen molar-refractivity contribution in [1.82, 2.24) is 14.6 Å². The van der Waals surface area contributed by atoms with Gasteiger partial charge in [0.05, 0.1) is 16.7 Å². The zero-order chi connectivity index (χ0) is 23.8. The number of hydrogen-bond acceptors (Lipinski definition) is 4. The quantitative estimate of drug-likeness (QED) is 0.312. The van der Waals surface area contributed by atoms with Crippen molar-refractivity contribution in [2.45, 2.75) is 0 Å². The van der Waals surface area contributed by atoms with E-state index in [1.807, 2.05) is 102 Å². The first-order valence-electron chi connectivity index (χ1n) is 11.1. The van der Waals surface area contributed by atoms with E-state index >= 15 is 0 Å². The number of amides is 1. The van der Waals surface area contributed by atoms with Crippen LogP contribution in [0.2, 0.25) is 5.02 Å². The van der Waals surface area contributed by atoms with Crippen molar-refractivity contribution in [2.24, 2.45) is 0 Å². The molecular weight excluding hydrogens is 460 g/mol. The lowest BCUT2D eigenvalue weighted by Gasteiger charge is -2.09. The molecule has 0 fully saturated rings. The van der Waals surface area contributed by atoms with Gasteiger partial charge in [-0.05, 0) is 42.5 Å². The van der Waals surface area contributed by atoms with Crippen LogP contribution in [0.5, 0.6) is 5.75 Å². The SMILES string of the molecule is O=C(COc1ccccc1)Nc1ccc2c(c1)nc1c3ccccc3c(-c3ccc(Cl)cc3)nn21. The number of nitrogens with zero attached hydrogens (tertiary/aromatic N) is 3. The Bertz CT molecular complexity index is 1700. The highest BCUT2D eigenvalue weighted by atomic mass is 35.5. The third kappa shape index (κ3) is 4.05. The summed E-state index contributed by atoms with van der Waals surface area (Å²) in [5.41, 5.74) is 4.79. The van der Waals surface area contributed by atoms with Gasteiger partial charge in [0.25, 0.3) is 5.91 Å². The molecule has 0 bridgehead atoms. The molecule has 7 heteroatoms. The number of nitrogens with one attached hydrogen (secondary N) is 1. The number of carbonyl (C=O) groups is 1. The van der Waals surface area contributed by atoms with Crippen molar-refractivity contribution < 1.29 is 9.53 Å². The van der Waals surface area contributed by atoms with Crippen LogP contribution in [-0.2, 0) is 4.79 Å². The number of ether oxygens (including phenoxy) is 1. The van der Waals surface area contributed by atoms with Crippen LogP contribution in [0.4, 0.5) is 5.69 Å². The molecule has 0 aliphatic carbocycles. The van der Waals surface area contributed by atoms with Crippen LogP contribution in [0.1, 0.15) is 0 Å². The van der Waals surface area contributed by atoms with Gasteiger partial charge in [-0.1, -0.05) is 66.2 Å². The lowest BCUT2D eigenvalue weighted by Crippen LogP contribution is -2.20. The fourth-order valence-electron chi connectivity index (χ4n) is 4.14. The molecule has 170 valence electrons. The van der Waals surface area contributed by atoms with E-state index in [1.54, 1.807) is 0 Å². The third-order valence-corrected chi connectivity index (χ3v) is 6.02. The van der Waals surface area contributed by atoms with Crippen molar-refractivity contribution in [3.63, 3.8) is 0 Å². The second-order valence-corrected chi connectivity index (χ2v) is 8.54. The van der Waals surface area contributed by atoms with Gasteiger partial charge in [-0.15, -0.1) is 0 Å². The number of benzene rings is 4. The molecule has 0 aliphatic heterocycles. The van der Waals surface area contributed by atoms with Gasteiger partial charge in [0.15, 0.2) is 12.3 Å². The number of hydrogen-bond donors (Lipinski definition) is 1. The van der Waals surface area contributed by atoms with Gasteiger partial charge in [0.2, 0.25) is 0 Å². The Labute approximate surface area is 205 Å². The zero-order valence-corrected chi connectivity index (χ0v) is 19.2.